The van der Waals surface area contributed by atoms with E-state index in [0.29, 0.717) is 5.15 Å². The third-order valence-corrected chi connectivity index (χ3v) is 5.55. The van der Waals surface area contributed by atoms with Gasteiger partial charge in [0.1, 0.15) is 0 Å². The number of fused-ring (bicyclic) bond motifs is 2. The molecule has 0 spiro atoms. The Morgan fingerprint density at radius 2 is 1.91 bits per heavy atom. The van der Waals surface area contributed by atoms with Crippen LogP contribution in [0.25, 0.3) is 0 Å². The van der Waals surface area contributed by atoms with Crippen molar-refractivity contribution < 1.29 is 9.90 Å². The van der Waals surface area contributed by atoms with Crippen LogP contribution in [0.2, 0.25) is 5.15 Å². The Labute approximate surface area is 135 Å². The molecule has 1 amide bonds. The second-order valence-electron chi connectivity index (χ2n) is 7.00. The smallest absolute Gasteiger partial charge is 0.408 e. The van der Waals surface area contributed by atoms with Gasteiger partial charge in [0.05, 0.1) is 0 Å². The van der Waals surface area contributed by atoms with Crippen LogP contribution in [0.5, 0.6) is 0 Å². The van der Waals surface area contributed by atoms with Crippen molar-refractivity contribution in [3.8, 4) is 0 Å². The van der Waals surface area contributed by atoms with E-state index in [-0.39, 0.29) is 17.1 Å². The third-order valence-electron chi connectivity index (χ3n) is 5.35. The van der Waals surface area contributed by atoms with Crippen LogP contribution in [0.1, 0.15) is 39.5 Å². The predicted molar refractivity (Wildman–Crippen MR) is 84.4 cm³/mol. The number of hydrogen-bond acceptors (Lipinski definition) is 4. The zero-order valence-electron chi connectivity index (χ0n) is 13.1. The van der Waals surface area contributed by atoms with Crippen molar-refractivity contribution in [2.24, 2.45) is 0 Å². The van der Waals surface area contributed by atoms with Crippen molar-refractivity contribution in [3.05, 3.63) is 17.3 Å². The van der Waals surface area contributed by atoms with Gasteiger partial charge in [-0.3, -0.25) is 4.90 Å². The number of amides is 1. The van der Waals surface area contributed by atoms with Gasteiger partial charge in [0.2, 0.25) is 0 Å². The molecule has 2 fully saturated rings. The largest absolute Gasteiger partial charge is 0.465 e. The lowest BCUT2D eigenvalue weighted by Gasteiger charge is -2.51. The Balaban J connectivity index is 1.87. The van der Waals surface area contributed by atoms with E-state index < -0.39 is 6.09 Å². The van der Waals surface area contributed by atoms with Gasteiger partial charge in [0, 0.05) is 24.2 Å². The summed E-state index contributed by atoms with van der Waals surface area (Å²) in [5, 5.41) is 18.0. The lowest BCUT2D eigenvalue weighted by atomic mass is 9.82. The van der Waals surface area contributed by atoms with E-state index in [9.17, 15) is 9.90 Å². The molecule has 3 heterocycles. The van der Waals surface area contributed by atoms with E-state index >= 15 is 0 Å². The highest BCUT2D eigenvalue weighted by molar-refractivity contribution is 6.29. The quantitative estimate of drug-likeness (QED) is 0.905. The Hall–Kier alpha value is -1.56. The molecule has 6 nitrogen and oxygen atoms in total. The summed E-state index contributed by atoms with van der Waals surface area (Å²) in [4.78, 5) is 15.5. The molecule has 3 atom stereocenters. The molecule has 2 saturated heterocycles. The minimum atomic E-state index is -0.810. The lowest BCUT2D eigenvalue weighted by molar-refractivity contribution is 0.0131. The summed E-state index contributed by atoms with van der Waals surface area (Å²) in [7, 11) is 1.99. The molecule has 7 heteroatoms. The van der Waals surface area contributed by atoms with Gasteiger partial charge in [0.15, 0.2) is 11.0 Å². The highest BCUT2D eigenvalue weighted by Crippen LogP contribution is 2.51. The summed E-state index contributed by atoms with van der Waals surface area (Å²) < 4.78 is 0. The van der Waals surface area contributed by atoms with Crippen LogP contribution < -0.4 is 4.90 Å². The van der Waals surface area contributed by atoms with Crippen molar-refractivity contribution in [3.63, 3.8) is 0 Å². The van der Waals surface area contributed by atoms with Crippen molar-refractivity contribution in [2.45, 2.75) is 56.7 Å². The second kappa shape index (κ2) is 4.98. The van der Waals surface area contributed by atoms with Gasteiger partial charge in [-0.1, -0.05) is 11.6 Å². The number of nitrogens with zero attached hydrogens (tertiary/aromatic N) is 4. The summed E-state index contributed by atoms with van der Waals surface area (Å²) >= 11 is 5.79. The Kier molecular flexibility index (Phi) is 3.47. The average Bonchev–Trinajstić information content (AvgIpc) is 2.61. The normalized spacial score (nSPS) is 33.8. The minimum absolute atomic E-state index is 0.239. The van der Waals surface area contributed by atoms with Crippen LogP contribution in [-0.4, -0.2) is 50.5 Å². The number of carbonyl (C=O) groups is 1. The maximum absolute atomic E-state index is 11.7. The monoisotopic (exact) mass is 324 g/mol. The molecule has 3 rings (SSSR count). The van der Waals surface area contributed by atoms with Crippen LogP contribution in [-0.2, 0) is 0 Å². The number of piperidine rings is 1. The van der Waals surface area contributed by atoms with Gasteiger partial charge in [-0.15, -0.1) is 10.2 Å². The van der Waals surface area contributed by atoms with Gasteiger partial charge in [-0.25, -0.2) is 4.79 Å². The maximum atomic E-state index is 11.7. The van der Waals surface area contributed by atoms with E-state index in [1.54, 1.807) is 11.0 Å². The molecular weight excluding hydrogens is 304 g/mol. The topological polar surface area (TPSA) is 69.6 Å². The number of aromatic nitrogens is 2. The fourth-order valence-corrected chi connectivity index (χ4v) is 4.41. The fraction of sp³-hybridized carbons (Fsp3) is 0.667. The molecule has 1 N–H and O–H groups in total. The molecule has 0 aromatic carbocycles. The first-order valence-electron chi connectivity index (χ1n) is 7.51. The molecule has 1 aromatic rings. The standard InChI is InChI=1S/C15H21ClN4O2/c1-14-6-7-15(2,20(14)13(21)22)9-10(8-14)19(3)12-5-4-11(16)17-18-12/h4-5,10H,6-9H2,1-3H3,(H,21,22)/t10-,14+,15-. The average molecular weight is 325 g/mol. The molecule has 0 radical (unpaired) electrons. The Morgan fingerprint density at radius 3 is 2.36 bits per heavy atom. The second-order valence-corrected chi connectivity index (χ2v) is 7.39. The van der Waals surface area contributed by atoms with Crippen LogP contribution in [0, 0.1) is 0 Å². The number of halogens is 1. The van der Waals surface area contributed by atoms with E-state index in [4.69, 9.17) is 11.6 Å². The number of hydrogen-bond donors (Lipinski definition) is 1. The minimum Gasteiger partial charge on any atom is -0.465 e. The molecular formula is C15H21ClN4O2. The third kappa shape index (κ3) is 2.29. The number of rotatable bonds is 2. The van der Waals surface area contributed by atoms with Crippen molar-refractivity contribution in [2.75, 3.05) is 11.9 Å². The van der Waals surface area contributed by atoms with Gasteiger partial charge in [-0.2, -0.15) is 0 Å². The summed E-state index contributed by atoms with van der Waals surface area (Å²) in [6, 6.07) is 3.82. The summed E-state index contributed by atoms with van der Waals surface area (Å²) in [5.74, 6) is 0.768. The molecule has 2 bridgehead atoms. The SMILES string of the molecule is CN(c1ccc(Cl)nn1)[C@@H]1C[C@]2(C)CC[C@](C)(C1)N2C(=O)O. The van der Waals surface area contributed by atoms with Crippen LogP contribution in [0.4, 0.5) is 10.6 Å². The first-order valence-corrected chi connectivity index (χ1v) is 7.88. The fourth-order valence-electron chi connectivity index (χ4n) is 4.31. The van der Waals surface area contributed by atoms with Crippen molar-refractivity contribution in [1.82, 2.24) is 15.1 Å². The van der Waals surface area contributed by atoms with E-state index in [0.717, 1.165) is 31.5 Å². The molecule has 2 aliphatic heterocycles. The lowest BCUT2D eigenvalue weighted by Crippen LogP contribution is -2.62. The highest BCUT2D eigenvalue weighted by Gasteiger charge is 2.58. The molecule has 22 heavy (non-hydrogen) atoms. The van der Waals surface area contributed by atoms with Crippen molar-refractivity contribution >= 4 is 23.5 Å². The van der Waals surface area contributed by atoms with E-state index in [1.165, 1.54) is 0 Å². The number of anilines is 1. The van der Waals surface area contributed by atoms with Crippen LogP contribution in [0.3, 0.4) is 0 Å². The van der Waals surface area contributed by atoms with Crippen molar-refractivity contribution in [1.29, 1.82) is 0 Å². The molecule has 0 saturated carbocycles. The van der Waals surface area contributed by atoms with Gasteiger partial charge in [0.25, 0.3) is 0 Å². The maximum Gasteiger partial charge on any atom is 0.408 e. The summed E-state index contributed by atoms with van der Waals surface area (Å²) in [6.07, 6.45) is 2.61. The molecule has 120 valence electrons. The summed E-state index contributed by atoms with van der Waals surface area (Å²) in [5.41, 5.74) is -0.616. The van der Waals surface area contributed by atoms with E-state index in [1.807, 2.05) is 13.1 Å². The number of carboxylic acid groups (broad SMARTS) is 1. The van der Waals surface area contributed by atoms with Crippen LogP contribution >= 0.6 is 11.6 Å². The molecule has 2 aliphatic rings. The first kappa shape index (κ1) is 15.3. The van der Waals surface area contributed by atoms with E-state index in [2.05, 4.69) is 28.9 Å². The first-order chi connectivity index (χ1) is 10.3. The highest BCUT2D eigenvalue weighted by atomic mass is 35.5. The van der Waals surface area contributed by atoms with Gasteiger partial charge in [-0.05, 0) is 51.7 Å². The molecule has 0 aliphatic carbocycles. The zero-order valence-corrected chi connectivity index (χ0v) is 13.8. The van der Waals surface area contributed by atoms with Crippen LogP contribution in [0.15, 0.2) is 12.1 Å². The zero-order chi connectivity index (χ0) is 16.1. The Morgan fingerprint density at radius 1 is 1.32 bits per heavy atom. The Bertz CT molecular complexity index is 576. The predicted octanol–water partition coefficient (Wildman–Crippen LogP) is 3.02. The molecule has 0 unspecified atom stereocenters. The summed E-state index contributed by atoms with van der Waals surface area (Å²) in [6.45, 7) is 4.11. The van der Waals surface area contributed by atoms with Gasteiger partial charge < -0.3 is 10.0 Å². The van der Waals surface area contributed by atoms with Gasteiger partial charge >= 0.3 is 6.09 Å². The molecule has 1 aromatic heterocycles.